The second-order valence-corrected chi connectivity index (χ2v) is 6.22. The predicted molar refractivity (Wildman–Crippen MR) is 102 cm³/mol. The van der Waals surface area contributed by atoms with Crippen molar-refractivity contribution in [2.75, 3.05) is 11.9 Å². The minimum Gasteiger partial charge on any atom is -0.406 e. The third-order valence-electron chi connectivity index (χ3n) is 2.63. The van der Waals surface area contributed by atoms with E-state index in [2.05, 4.69) is 15.0 Å². The molecule has 0 unspecified atom stereocenters. The number of nitrogens with one attached hydrogen (secondary N) is 1. The molecule has 3 N–H and O–H groups in total. The van der Waals surface area contributed by atoms with Gasteiger partial charge in [-0.15, -0.1) is 48.5 Å². The Kier molecular flexibility index (Phi) is 8.10. The van der Waals surface area contributed by atoms with Crippen LogP contribution in [-0.2, 0) is 6.42 Å². The molecule has 4 nitrogen and oxygen atoms in total. The summed E-state index contributed by atoms with van der Waals surface area (Å²) in [6, 6.07) is 8.96. The van der Waals surface area contributed by atoms with Crippen LogP contribution in [0.3, 0.4) is 0 Å². The molecule has 0 aliphatic heterocycles. The SMILES string of the molecule is I.NC(=NCCc1ccc(Cl)s1)Nc1ccc(OC(F)(F)F)cc1. The third kappa shape index (κ3) is 7.58. The number of nitrogens with zero attached hydrogens (tertiary/aromatic N) is 1. The van der Waals surface area contributed by atoms with Crippen LogP contribution in [0.5, 0.6) is 5.75 Å². The smallest absolute Gasteiger partial charge is 0.406 e. The highest BCUT2D eigenvalue weighted by Crippen LogP contribution is 2.24. The Morgan fingerprint density at radius 1 is 1.21 bits per heavy atom. The van der Waals surface area contributed by atoms with Crippen LogP contribution in [0, 0.1) is 0 Å². The van der Waals surface area contributed by atoms with E-state index in [0.717, 1.165) is 9.21 Å². The van der Waals surface area contributed by atoms with E-state index < -0.39 is 6.36 Å². The molecule has 0 aliphatic rings. The van der Waals surface area contributed by atoms with Gasteiger partial charge < -0.3 is 15.8 Å². The first kappa shape index (κ1) is 20.8. The molecular weight excluding hydrogens is 478 g/mol. The summed E-state index contributed by atoms with van der Waals surface area (Å²) in [5, 5.41) is 2.79. The highest BCUT2D eigenvalue weighted by Gasteiger charge is 2.30. The first-order valence-corrected chi connectivity index (χ1v) is 7.68. The van der Waals surface area contributed by atoms with Crippen LogP contribution < -0.4 is 15.8 Å². The first-order chi connectivity index (χ1) is 10.8. The van der Waals surface area contributed by atoms with Crippen molar-refractivity contribution < 1.29 is 17.9 Å². The number of thiophene rings is 1. The fraction of sp³-hybridized carbons (Fsp3) is 0.214. The van der Waals surface area contributed by atoms with Crippen LogP contribution in [-0.4, -0.2) is 18.9 Å². The Morgan fingerprint density at radius 2 is 1.88 bits per heavy atom. The number of alkyl halides is 3. The van der Waals surface area contributed by atoms with Crippen molar-refractivity contribution in [1.29, 1.82) is 0 Å². The third-order valence-corrected chi connectivity index (χ3v) is 3.92. The molecule has 0 saturated heterocycles. The van der Waals surface area contributed by atoms with Gasteiger partial charge in [0, 0.05) is 23.5 Å². The lowest BCUT2D eigenvalue weighted by Crippen LogP contribution is -2.23. The quantitative estimate of drug-likeness (QED) is 0.356. The van der Waals surface area contributed by atoms with Crippen LogP contribution in [0.25, 0.3) is 0 Å². The van der Waals surface area contributed by atoms with E-state index in [4.69, 9.17) is 17.3 Å². The Bertz CT molecular complexity index is 677. The maximum atomic E-state index is 12.0. The highest BCUT2D eigenvalue weighted by molar-refractivity contribution is 14.0. The molecule has 0 radical (unpaired) electrons. The Morgan fingerprint density at radius 3 is 2.42 bits per heavy atom. The average molecular weight is 492 g/mol. The molecule has 0 atom stereocenters. The zero-order valence-corrected chi connectivity index (χ0v) is 16.0. The summed E-state index contributed by atoms with van der Waals surface area (Å²) in [5.41, 5.74) is 6.23. The van der Waals surface area contributed by atoms with E-state index in [0.29, 0.717) is 18.7 Å². The number of benzene rings is 1. The number of hydrogen-bond acceptors (Lipinski definition) is 3. The van der Waals surface area contributed by atoms with E-state index in [-0.39, 0.29) is 35.7 Å². The van der Waals surface area contributed by atoms with Gasteiger partial charge in [-0.2, -0.15) is 0 Å². The monoisotopic (exact) mass is 491 g/mol. The summed E-state index contributed by atoms with van der Waals surface area (Å²) in [6.07, 6.45) is -4.00. The Hall–Kier alpha value is -1.20. The van der Waals surface area contributed by atoms with Gasteiger partial charge in [-0.1, -0.05) is 11.6 Å². The molecule has 0 fully saturated rings. The molecule has 0 spiro atoms. The maximum Gasteiger partial charge on any atom is 0.573 e. The number of guanidine groups is 1. The molecule has 2 aromatic rings. The highest BCUT2D eigenvalue weighted by atomic mass is 127. The molecule has 10 heteroatoms. The largest absolute Gasteiger partial charge is 0.573 e. The van der Waals surface area contributed by atoms with Crippen molar-refractivity contribution >= 4 is 58.6 Å². The summed E-state index contributed by atoms with van der Waals surface area (Å²) in [5.74, 6) is -0.120. The number of aliphatic imine (C=N–C) groups is 1. The lowest BCUT2D eigenvalue weighted by Gasteiger charge is -2.10. The van der Waals surface area contributed by atoms with Crippen LogP contribution >= 0.6 is 46.9 Å². The molecule has 1 aromatic carbocycles. The van der Waals surface area contributed by atoms with Gasteiger partial charge in [0.1, 0.15) is 5.75 Å². The predicted octanol–water partition coefficient (Wildman–Crippen LogP) is 4.89. The second kappa shape index (κ2) is 9.33. The summed E-state index contributed by atoms with van der Waals surface area (Å²) in [7, 11) is 0. The van der Waals surface area contributed by atoms with Crippen LogP contribution in [0.1, 0.15) is 4.88 Å². The zero-order valence-electron chi connectivity index (χ0n) is 12.1. The molecule has 1 heterocycles. The van der Waals surface area contributed by atoms with Gasteiger partial charge in [-0.25, -0.2) is 0 Å². The van der Waals surface area contributed by atoms with Gasteiger partial charge in [0.2, 0.25) is 0 Å². The van der Waals surface area contributed by atoms with Gasteiger partial charge in [-0.3, -0.25) is 4.99 Å². The lowest BCUT2D eigenvalue weighted by atomic mass is 10.3. The van der Waals surface area contributed by atoms with Crippen LogP contribution in [0.15, 0.2) is 41.4 Å². The van der Waals surface area contributed by atoms with Crippen molar-refractivity contribution in [3.63, 3.8) is 0 Å². The first-order valence-electron chi connectivity index (χ1n) is 6.49. The van der Waals surface area contributed by atoms with Crippen molar-refractivity contribution in [2.45, 2.75) is 12.8 Å². The molecule has 0 saturated carbocycles. The van der Waals surface area contributed by atoms with Crippen molar-refractivity contribution in [3.05, 3.63) is 45.6 Å². The van der Waals surface area contributed by atoms with Gasteiger partial charge in [0.05, 0.1) is 4.34 Å². The summed E-state index contributed by atoms with van der Waals surface area (Å²) >= 11 is 7.31. The normalized spacial score (nSPS) is 11.8. The average Bonchev–Trinajstić information content (AvgIpc) is 2.85. The van der Waals surface area contributed by atoms with Gasteiger partial charge >= 0.3 is 6.36 Å². The Balaban J connectivity index is 0.00000288. The van der Waals surface area contributed by atoms with Crippen molar-refractivity contribution in [1.82, 2.24) is 0 Å². The molecule has 1 aromatic heterocycles. The number of rotatable bonds is 5. The van der Waals surface area contributed by atoms with E-state index in [9.17, 15) is 13.2 Å². The maximum absolute atomic E-state index is 12.0. The molecular formula is C14H14ClF3IN3OS. The fourth-order valence-corrected chi connectivity index (χ4v) is 2.78. The van der Waals surface area contributed by atoms with Gasteiger partial charge in [0.25, 0.3) is 0 Å². The van der Waals surface area contributed by atoms with E-state index in [1.807, 2.05) is 12.1 Å². The molecule has 0 aliphatic carbocycles. The summed E-state index contributed by atoms with van der Waals surface area (Å²) in [6.45, 7) is 0.477. The van der Waals surface area contributed by atoms with E-state index in [1.54, 1.807) is 0 Å². The molecule has 0 bridgehead atoms. The van der Waals surface area contributed by atoms with Gasteiger partial charge in [-0.05, 0) is 36.4 Å². The molecule has 0 amide bonds. The Labute approximate surface area is 162 Å². The molecule has 132 valence electrons. The number of hydrogen-bond donors (Lipinski definition) is 2. The van der Waals surface area contributed by atoms with Crippen LogP contribution in [0.2, 0.25) is 4.34 Å². The number of anilines is 1. The van der Waals surface area contributed by atoms with Crippen molar-refractivity contribution in [3.8, 4) is 5.75 Å². The fourth-order valence-electron chi connectivity index (χ4n) is 1.70. The minimum absolute atomic E-state index is 0. The standard InChI is InChI=1S/C14H13ClF3N3OS.HI/c15-12-6-5-11(23-12)7-8-20-13(19)21-9-1-3-10(4-2-9)22-14(16,17)18;/h1-6H,7-8H2,(H3,19,20,21);1H. The molecule has 2 rings (SSSR count). The topological polar surface area (TPSA) is 59.6 Å². The minimum atomic E-state index is -4.71. The lowest BCUT2D eigenvalue weighted by molar-refractivity contribution is -0.274. The summed E-state index contributed by atoms with van der Waals surface area (Å²) < 4.78 is 40.6. The van der Waals surface area contributed by atoms with Crippen LogP contribution in [0.4, 0.5) is 18.9 Å². The second-order valence-electron chi connectivity index (χ2n) is 4.42. The number of ether oxygens (including phenoxy) is 1. The number of nitrogens with two attached hydrogens (primary N) is 1. The van der Waals surface area contributed by atoms with E-state index in [1.165, 1.54) is 35.6 Å². The van der Waals surface area contributed by atoms with Gasteiger partial charge in [0.15, 0.2) is 5.96 Å². The molecule has 24 heavy (non-hydrogen) atoms. The van der Waals surface area contributed by atoms with E-state index >= 15 is 0 Å². The summed E-state index contributed by atoms with van der Waals surface area (Å²) in [4.78, 5) is 5.24. The zero-order chi connectivity index (χ0) is 16.9. The van der Waals surface area contributed by atoms with Crippen molar-refractivity contribution in [2.24, 2.45) is 10.7 Å². The number of halogens is 5.